The van der Waals surface area contributed by atoms with Gasteiger partial charge in [-0.1, -0.05) is 0 Å². The number of carboxylic acid groups (broad SMARTS) is 1. The monoisotopic (exact) mass is 315 g/mol. The molecule has 23 heavy (non-hydrogen) atoms. The van der Waals surface area contributed by atoms with E-state index in [0.717, 1.165) is 24.1 Å². The Morgan fingerprint density at radius 3 is 2.04 bits per heavy atom. The van der Waals surface area contributed by atoms with Crippen LogP contribution in [0.2, 0.25) is 0 Å². The van der Waals surface area contributed by atoms with Crippen LogP contribution in [-0.4, -0.2) is 42.6 Å². The summed E-state index contributed by atoms with van der Waals surface area (Å²) >= 11 is 0. The van der Waals surface area contributed by atoms with Gasteiger partial charge in [0.05, 0.1) is 29.3 Å². The van der Waals surface area contributed by atoms with E-state index in [1.165, 1.54) is 0 Å². The number of hydrogen-bond acceptors (Lipinski definition) is 4. The Kier molecular flexibility index (Phi) is 3.73. The first kappa shape index (κ1) is 15.0. The minimum Gasteiger partial charge on any atom is -0.480 e. The Morgan fingerprint density at radius 2 is 1.61 bits per heavy atom. The summed E-state index contributed by atoms with van der Waals surface area (Å²) in [6.07, 6.45) is 3.35. The van der Waals surface area contributed by atoms with Crippen molar-refractivity contribution in [3.8, 4) is 0 Å². The summed E-state index contributed by atoms with van der Waals surface area (Å²) in [5, 5.41) is 11.2. The fraction of sp³-hybridized carbons (Fsp3) is 0.333. The maximum Gasteiger partial charge on any atom is 0.322 e. The van der Waals surface area contributed by atoms with E-state index in [9.17, 15) is 9.59 Å². The van der Waals surface area contributed by atoms with Crippen LogP contribution in [0.4, 0.5) is 0 Å². The number of carboxylic acids is 1. The molecule has 0 aliphatic carbocycles. The molecule has 0 unspecified atom stereocenters. The normalized spacial score (nSPS) is 11.2. The van der Waals surface area contributed by atoms with Crippen molar-refractivity contribution in [2.45, 2.75) is 26.9 Å². The van der Waals surface area contributed by atoms with Gasteiger partial charge in [-0.15, -0.1) is 0 Å². The van der Waals surface area contributed by atoms with Gasteiger partial charge in [-0.3, -0.25) is 9.59 Å². The number of imidazole rings is 2. The standard InChI is InChI=1S/C15H17N5O3/c1-3-19-7-17-13-9(19)5-10-14(18-8-20(10)4-2)12(13)15(23)16-6-11(21)22/h5,7-8H,3-4,6H2,1-2H3,(H,16,23)(H,21,22). The first-order chi connectivity index (χ1) is 11.1. The fourth-order valence-electron chi connectivity index (χ4n) is 2.68. The second kappa shape index (κ2) is 5.71. The average Bonchev–Trinajstić information content (AvgIpc) is 3.13. The highest BCUT2D eigenvalue weighted by molar-refractivity contribution is 6.15. The third-order valence-electron chi connectivity index (χ3n) is 3.81. The lowest BCUT2D eigenvalue weighted by atomic mass is 10.1. The van der Waals surface area contributed by atoms with Crippen LogP contribution < -0.4 is 5.32 Å². The van der Waals surface area contributed by atoms with Gasteiger partial charge in [0.15, 0.2) is 0 Å². The molecular weight excluding hydrogens is 298 g/mol. The van der Waals surface area contributed by atoms with Gasteiger partial charge in [0, 0.05) is 13.1 Å². The number of nitrogens with zero attached hydrogens (tertiary/aromatic N) is 4. The number of fused-ring (bicyclic) bond motifs is 2. The number of carbonyl (C=O) groups excluding carboxylic acids is 1. The van der Waals surface area contributed by atoms with E-state index in [2.05, 4.69) is 15.3 Å². The third kappa shape index (κ3) is 2.41. The number of nitrogens with one attached hydrogen (secondary N) is 1. The molecule has 0 spiro atoms. The minimum absolute atomic E-state index is 0.318. The van der Waals surface area contributed by atoms with Crippen LogP contribution in [-0.2, 0) is 17.9 Å². The molecule has 0 saturated carbocycles. The Bertz CT molecular complexity index is 852. The van der Waals surface area contributed by atoms with Crippen molar-refractivity contribution in [3.63, 3.8) is 0 Å². The lowest BCUT2D eigenvalue weighted by Gasteiger charge is -2.07. The average molecular weight is 315 g/mol. The zero-order chi connectivity index (χ0) is 16.6. The molecule has 0 aliphatic heterocycles. The molecule has 0 fully saturated rings. The number of amides is 1. The van der Waals surface area contributed by atoms with E-state index in [4.69, 9.17) is 5.11 Å². The summed E-state index contributed by atoms with van der Waals surface area (Å²) in [7, 11) is 0. The van der Waals surface area contributed by atoms with Crippen molar-refractivity contribution >= 4 is 33.9 Å². The molecule has 8 heteroatoms. The van der Waals surface area contributed by atoms with Crippen LogP contribution in [0.1, 0.15) is 24.2 Å². The van der Waals surface area contributed by atoms with Crippen molar-refractivity contribution in [2.24, 2.45) is 0 Å². The smallest absolute Gasteiger partial charge is 0.322 e. The Balaban J connectivity index is 2.26. The van der Waals surface area contributed by atoms with Crippen molar-refractivity contribution in [1.82, 2.24) is 24.4 Å². The molecule has 0 aliphatic rings. The molecular formula is C15H17N5O3. The molecule has 120 valence electrons. The van der Waals surface area contributed by atoms with Crippen LogP contribution in [0, 0.1) is 0 Å². The van der Waals surface area contributed by atoms with E-state index < -0.39 is 18.4 Å². The van der Waals surface area contributed by atoms with Crippen molar-refractivity contribution < 1.29 is 14.7 Å². The lowest BCUT2D eigenvalue weighted by molar-refractivity contribution is -0.135. The number of aromatic nitrogens is 4. The van der Waals surface area contributed by atoms with Crippen LogP contribution in [0.25, 0.3) is 22.1 Å². The number of hydrogen-bond donors (Lipinski definition) is 2. The Morgan fingerprint density at radius 1 is 1.09 bits per heavy atom. The minimum atomic E-state index is -1.10. The highest BCUT2D eigenvalue weighted by Gasteiger charge is 2.21. The lowest BCUT2D eigenvalue weighted by Crippen LogP contribution is -2.29. The van der Waals surface area contributed by atoms with Gasteiger partial charge in [0.2, 0.25) is 0 Å². The first-order valence-electron chi connectivity index (χ1n) is 7.39. The molecule has 2 aromatic heterocycles. The van der Waals surface area contributed by atoms with Crippen LogP contribution in [0.5, 0.6) is 0 Å². The third-order valence-corrected chi connectivity index (χ3v) is 3.81. The van der Waals surface area contributed by atoms with Crippen LogP contribution >= 0.6 is 0 Å². The molecule has 3 aromatic rings. The van der Waals surface area contributed by atoms with E-state index in [0.29, 0.717) is 16.6 Å². The predicted molar refractivity (Wildman–Crippen MR) is 84.3 cm³/mol. The molecule has 0 atom stereocenters. The molecule has 2 N–H and O–H groups in total. The molecule has 0 radical (unpaired) electrons. The summed E-state index contributed by atoms with van der Waals surface area (Å²) in [6, 6.07) is 1.96. The quantitative estimate of drug-likeness (QED) is 0.737. The highest BCUT2D eigenvalue weighted by Crippen LogP contribution is 2.27. The second-order valence-corrected chi connectivity index (χ2v) is 5.12. The van der Waals surface area contributed by atoms with Gasteiger partial charge in [-0.2, -0.15) is 0 Å². The van der Waals surface area contributed by atoms with E-state index in [-0.39, 0.29) is 0 Å². The topological polar surface area (TPSA) is 102 Å². The SMILES string of the molecule is CCn1cnc2c(C(=O)NCC(=O)O)c3ncn(CC)c3cc21. The number of benzene rings is 1. The molecule has 0 bridgehead atoms. The van der Waals surface area contributed by atoms with Gasteiger partial charge in [0.1, 0.15) is 17.6 Å². The van der Waals surface area contributed by atoms with Gasteiger partial charge in [-0.05, 0) is 19.9 Å². The Hall–Kier alpha value is -2.90. The molecule has 3 rings (SSSR count). The highest BCUT2D eigenvalue weighted by atomic mass is 16.4. The number of aryl methyl sites for hydroxylation is 2. The zero-order valence-electron chi connectivity index (χ0n) is 12.9. The summed E-state index contributed by atoms with van der Waals surface area (Å²) in [4.78, 5) is 31.9. The molecule has 1 aromatic carbocycles. The maximum atomic E-state index is 12.5. The molecule has 0 saturated heterocycles. The first-order valence-corrected chi connectivity index (χ1v) is 7.39. The molecule has 1 amide bonds. The number of aliphatic carboxylic acids is 1. The van der Waals surface area contributed by atoms with Gasteiger partial charge in [0.25, 0.3) is 5.91 Å². The zero-order valence-corrected chi connectivity index (χ0v) is 12.9. The Labute approximate surface area is 131 Å². The summed E-state index contributed by atoms with van der Waals surface area (Å²) in [5.41, 5.74) is 3.04. The largest absolute Gasteiger partial charge is 0.480 e. The molecule has 2 heterocycles. The van der Waals surface area contributed by atoms with E-state index >= 15 is 0 Å². The van der Waals surface area contributed by atoms with Crippen molar-refractivity contribution in [2.75, 3.05) is 6.54 Å². The molecule has 8 nitrogen and oxygen atoms in total. The van der Waals surface area contributed by atoms with Gasteiger partial charge >= 0.3 is 5.97 Å². The van der Waals surface area contributed by atoms with Crippen molar-refractivity contribution in [1.29, 1.82) is 0 Å². The van der Waals surface area contributed by atoms with E-state index in [1.807, 2.05) is 29.0 Å². The van der Waals surface area contributed by atoms with Crippen molar-refractivity contribution in [3.05, 3.63) is 24.3 Å². The number of carbonyl (C=O) groups is 2. The summed E-state index contributed by atoms with van der Waals surface area (Å²) < 4.78 is 3.88. The van der Waals surface area contributed by atoms with E-state index in [1.54, 1.807) is 12.7 Å². The van der Waals surface area contributed by atoms with Gasteiger partial charge < -0.3 is 19.6 Å². The van der Waals surface area contributed by atoms with Crippen LogP contribution in [0.15, 0.2) is 18.7 Å². The number of rotatable bonds is 5. The maximum absolute atomic E-state index is 12.5. The second-order valence-electron chi connectivity index (χ2n) is 5.12. The summed E-state index contributed by atoms with van der Waals surface area (Å²) in [6.45, 7) is 4.98. The predicted octanol–water partition coefficient (Wildman–Crippen LogP) is 1.24. The summed E-state index contributed by atoms with van der Waals surface area (Å²) in [5.74, 6) is -1.58. The fourth-order valence-corrected chi connectivity index (χ4v) is 2.68. The van der Waals surface area contributed by atoms with Gasteiger partial charge in [-0.25, -0.2) is 9.97 Å². The van der Waals surface area contributed by atoms with Crippen LogP contribution in [0.3, 0.4) is 0 Å².